The van der Waals surface area contributed by atoms with Crippen molar-refractivity contribution in [3.8, 4) is 0 Å². The van der Waals surface area contributed by atoms with Crippen LogP contribution in [0.2, 0.25) is 0 Å². The van der Waals surface area contributed by atoms with E-state index >= 15 is 0 Å². The van der Waals surface area contributed by atoms with Crippen molar-refractivity contribution in [2.45, 2.75) is 38.6 Å². The number of carbonyl (C=O) groups excluding carboxylic acids is 1. The largest absolute Gasteiger partial charge is 0.395 e. The summed E-state index contributed by atoms with van der Waals surface area (Å²) >= 11 is 0. The van der Waals surface area contributed by atoms with Crippen LogP contribution in [-0.4, -0.2) is 51.7 Å². The normalized spacial score (nSPS) is 19.0. The van der Waals surface area contributed by atoms with Crippen molar-refractivity contribution in [2.24, 2.45) is 5.73 Å². The molecule has 2 aromatic rings. The van der Waals surface area contributed by atoms with Gasteiger partial charge in [0, 0.05) is 19.0 Å². The Bertz CT molecular complexity index is 723. The zero-order valence-corrected chi connectivity index (χ0v) is 14.2. The standard InChI is InChI=1S/C18H26N4O2/c1-2-8-21-9-4-5-13(12-21)18-20-16-14(17(19)24)6-3-7-15(16)22(18)10-11-23/h3,6-7,13,23H,2,4-5,8-12H2,1H3,(H2,19,24). The summed E-state index contributed by atoms with van der Waals surface area (Å²) in [6.07, 6.45) is 3.38. The number of aromatic nitrogens is 2. The van der Waals surface area contributed by atoms with Gasteiger partial charge >= 0.3 is 0 Å². The number of hydrogen-bond donors (Lipinski definition) is 2. The van der Waals surface area contributed by atoms with Crippen molar-refractivity contribution in [3.05, 3.63) is 29.6 Å². The molecule has 6 heteroatoms. The summed E-state index contributed by atoms with van der Waals surface area (Å²) in [6.45, 7) is 5.95. The molecule has 24 heavy (non-hydrogen) atoms. The highest BCUT2D eigenvalue weighted by molar-refractivity contribution is 6.04. The van der Waals surface area contributed by atoms with Crippen molar-refractivity contribution in [1.82, 2.24) is 14.5 Å². The summed E-state index contributed by atoms with van der Waals surface area (Å²) in [5.74, 6) is 0.829. The van der Waals surface area contributed by atoms with E-state index in [1.165, 1.54) is 0 Å². The predicted octanol–water partition coefficient (Wildman–Crippen LogP) is 1.72. The number of imidazole rings is 1. The third-order valence-corrected chi connectivity index (χ3v) is 4.81. The van der Waals surface area contributed by atoms with Crippen LogP contribution in [0.3, 0.4) is 0 Å². The Balaban J connectivity index is 2.04. The molecule has 0 bridgehead atoms. The van der Waals surface area contributed by atoms with Gasteiger partial charge in [0.05, 0.1) is 17.7 Å². The summed E-state index contributed by atoms with van der Waals surface area (Å²) in [5, 5.41) is 9.48. The summed E-state index contributed by atoms with van der Waals surface area (Å²) in [6, 6.07) is 5.49. The molecule has 0 spiro atoms. The number of nitrogens with two attached hydrogens (primary N) is 1. The highest BCUT2D eigenvalue weighted by Crippen LogP contribution is 2.30. The lowest BCUT2D eigenvalue weighted by molar-refractivity contribution is 0.100. The second kappa shape index (κ2) is 7.32. The number of para-hydroxylation sites is 1. The maximum atomic E-state index is 11.7. The first-order valence-electron chi connectivity index (χ1n) is 8.77. The van der Waals surface area contributed by atoms with Crippen molar-refractivity contribution >= 4 is 16.9 Å². The number of primary amides is 1. The zero-order chi connectivity index (χ0) is 17.1. The number of fused-ring (bicyclic) bond motifs is 1. The molecule has 0 radical (unpaired) electrons. The molecule has 1 atom stereocenters. The Morgan fingerprint density at radius 1 is 1.42 bits per heavy atom. The number of amides is 1. The predicted molar refractivity (Wildman–Crippen MR) is 94.0 cm³/mol. The molecule has 1 aliphatic rings. The monoisotopic (exact) mass is 330 g/mol. The molecule has 3 rings (SSSR count). The maximum absolute atomic E-state index is 11.7. The number of rotatable bonds is 6. The number of hydrogen-bond acceptors (Lipinski definition) is 4. The lowest BCUT2D eigenvalue weighted by atomic mass is 9.97. The zero-order valence-electron chi connectivity index (χ0n) is 14.2. The minimum atomic E-state index is -0.461. The molecule has 1 saturated heterocycles. The summed E-state index contributed by atoms with van der Waals surface area (Å²) in [7, 11) is 0. The number of aliphatic hydroxyl groups is 1. The maximum Gasteiger partial charge on any atom is 0.250 e. The molecular weight excluding hydrogens is 304 g/mol. The molecule has 1 aromatic carbocycles. The highest BCUT2D eigenvalue weighted by Gasteiger charge is 2.26. The van der Waals surface area contributed by atoms with Crippen LogP contribution < -0.4 is 5.73 Å². The van der Waals surface area contributed by atoms with Gasteiger partial charge in [-0.1, -0.05) is 13.0 Å². The Hall–Kier alpha value is -1.92. The lowest BCUT2D eigenvalue weighted by Gasteiger charge is -2.32. The van der Waals surface area contributed by atoms with E-state index in [0.717, 1.165) is 50.2 Å². The van der Waals surface area contributed by atoms with Crippen LogP contribution in [0.4, 0.5) is 0 Å². The fourth-order valence-electron chi connectivity index (χ4n) is 3.80. The molecule has 0 aliphatic carbocycles. The smallest absolute Gasteiger partial charge is 0.250 e. The van der Waals surface area contributed by atoms with Gasteiger partial charge in [0.25, 0.3) is 5.91 Å². The van der Waals surface area contributed by atoms with E-state index < -0.39 is 5.91 Å². The third kappa shape index (κ3) is 3.16. The number of piperidine rings is 1. The van der Waals surface area contributed by atoms with Crippen LogP contribution in [0.15, 0.2) is 18.2 Å². The number of aliphatic hydroxyl groups excluding tert-OH is 1. The third-order valence-electron chi connectivity index (χ3n) is 4.81. The molecular formula is C18H26N4O2. The second-order valence-electron chi connectivity index (χ2n) is 6.52. The van der Waals surface area contributed by atoms with Gasteiger partial charge in [-0.3, -0.25) is 4.79 Å². The van der Waals surface area contributed by atoms with Crippen molar-refractivity contribution in [3.63, 3.8) is 0 Å². The van der Waals surface area contributed by atoms with Gasteiger partial charge in [0.2, 0.25) is 0 Å². The first-order chi connectivity index (χ1) is 11.7. The van der Waals surface area contributed by atoms with Gasteiger partial charge in [-0.2, -0.15) is 0 Å². The van der Waals surface area contributed by atoms with Crippen LogP contribution in [0.25, 0.3) is 11.0 Å². The van der Waals surface area contributed by atoms with Crippen LogP contribution in [0, 0.1) is 0 Å². The second-order valence-corrected chi connectivity index (χ2v) is 6.52. The Kier molecular flexibility index (Phi) is 5.16. The Morgan fingerprint density at radius 2 is 2.25 bits per heavy atom. The molecule has 1 aromatic heterocycles. The molecule has 1 fully saturated rings. The van der Waals surface area contributed by atoms with E-state index in [2.05, 4.69) is 16.4 Å². The molecule has 2 heterocycles. The fraction of sp³-hybridized carbons (Fsp3) is 0.556. The summed E-state index contributed by atoms with van der Waals surface area (Å²) in [5.41, 5.74) is 7.49. The van der Waals surface area contributed by atoms with Crippen molar-refractivity contribution in [1.29, 1.82) is 0 Å². The molecule has 0 saturated carbocycles. The number of benzene rings is 1. The number of carbonyl (C=O) groups is 1. The molecule has 6 nitrogen and oxygen atoms in total. The van der Waals surface area contributed by atoms with Gasteiger partial charge in [-0.15, -0.1) is 0 Å². The summed E-state index contributed by atoms with van der Waals surface area (Å²) in [4.78, 5) is 19.0. The van der Waals surface area contributed by atoms with E-state index in [1.54, 1.807) is 6.07 Å². The van der Waals surface area contributed by atoms with Gasteiger partial charge < -0.3 is 20.3 Å². The SMILES string of the molecule is CCCN1CCCC(c2nc3c(C(N)=O)cccc3n2CCO)C1. The molecule has 1 amide bonds. The van der Waals surface area contributed by atoms with Crippen molar-refractivity contribution < 1.29 is 9.90 Å². The van der Waals surface area contributed by atoms with Gasteiger partial charge in [0.15, 0.2) is 0 Å². The van der Waals surface area contributed by atoms with Gasteiger partial charge in [-0.25, -0.2) is 4.98 Å². The van der Waals surface area contributed by atoms with Gasteiger partial charge in [0.1, 0.15) is 11.3 Å². The minimum Gasteiger partial charge on any atom is -0.395 e. The van der Waals surface area contributed by atoms with Crippen LogP contribution in [0.1, 0.15) is 48.3 Å². The first-order valence-corrected chi connectivity index (χ1v) is 8.77. The van der Waals surface area contributed by atoms with E-state index in [9.17, 15) is 9.90 Å². The summed E-state index contributed by atoms with van der Waals surface area (Å²) < 4.78 is 2.06. The first kappa shape index (κ1) is 16.9. The molecule has 1 unspecified atom stereocenters. The van der Waals surface area contributed by atoms with Gasteiger partial charge in [-0.05, 0) is 44.5 Å². The number of likely N-dealkylation sites (tertiary alicyclic amines) is 1. The van der Waals surface area contributed by atoms with Crippen molar-refractivity contribution in [2.75, 3.05) is 26.2 Å². The van der Waals surface area contributed by atoms with E-state index in [4.69, 9.17) is 10.7 Å². The van der Waals surface area contributed by atoms with Crippen LogP contribution in [-0.2, 0) is 6.54 Å². The number of nitrogens with zero attached hydrogens (tertiary/aromatic N) is 3. The van der Waals surface area contributed by atoms with E-state index in [0.29, 0.717) is 23.5 Å². The van der Waals surface area contributed by atoms with Crippen LogP contribution in [0.5, 0.6) is 0 Å². The van der Waals surface area contributed by atoms with E-state index in [-0.39, 0.29) is 6.61 Å². The topological polar surface area (TPSA) is 84.4 Å². The quantitative estimate of drug-likeness (QED) is 0.844. The molecule has 3 N–H and O–H groups in total. The average Bonchev–Trinajstić information content (AvgIpc) is 2.94. The minimum absolute atomic E-state index is 0.0463. The Labute approximate surface area is 142 Å². The molecule has 1 aliphatic heterocycles. The molecule has 130 valence electrons. The Morgan fingerprint density at radius 3 is 2.96 bits per heavy atom. The highest BCUT2D eigenvalue weighted by atomic mass is 16.3. The van der Waals surface area contributed by atoms with Crippen LogP contribution >= 0.6 is 0 Å². The lowest BCUT2D eigenvalue weighted by Crippen LogP contribution is -2.35. The fourth-order valence-corrected chi connectivity index (χ4v) is 3.80. The van der Waals surface area contributed by atoms with E-state index in [1.807, 2.05) is 12.1 Å². The average molecular weight is 330 g/mol.